The SMILES string of the molecule is Cc1[nH]nc2c1[C@H](c1ccccc1Br)CC(=O)N2. The Kier molecular flexibility index (Phi) is 2.70. The lowest BCUT2D eigenvalue weighted by Gasteiger charge is -2.23. The lowest BCUT2D eigenvalue weighted by molar-refractivity contribution is -0.116. The molecule has 0 spiro atoms. The molecule has 1 amide bonds. The van der Waals surface area contributed by atoms with Gasteiger partial charge >= 0.3 is 0 Å². The Morgan fingerprint density at radius 3 is 2.94 bits per heavy atom. The molecule has 1 aliphatic heterocycles. The van der Waals surface area contributed by atoms with Gasteiger partial charge in [-0.1, -0.05) is 34.1 Å². The first-order valence-electron chi connectivity index (χ1n) is 5.76. The van der Waals surface area contributed by atoms with E-state index in [1.54, 1.807) is 0 Å². The highest BCUT2D eigenvalue weighted by molar-refractivity contribution is 9.10. The smallest absolute Gasteiger partial charge is 0.226 e. The molecule has 0 fully saturated rings. The molecule has 0 unspecified atom stereocenters. The zero-order valence-corrected chi connectivity index (χ0v) is 11.4. The topological polar surface area (TPSA) is 57.8 Å². The average molecular weight is 306 g/mol. The number of aromatic amines is 1. The van der Waals surface area contributed by atoms with E-state index in [9.17, 15) is 4.79 Å². The van der Waals surface area contributed by atoms with Crippen LogP contribution in [0.4, 0.5) is 5.82 Å². The van der Waals surface area contributed by atoms with Gasteiger partial charge in [-0.15, -0.1) is 0 Å². The van der Waals surface area contributed by atoms with E-state index < -0.39 is 0 Å². The molecule has 0 aliphatic carbocycles. The monoisotopic (exact) mass is 305 g/mol. The van der Waals surface area contributed by atoms with Gasteiger partial charge in [0.05, 0.1) is 0 Å². The number of nitrogens with zero attached hydrogens (tertiary/aromatic N) is 1. The predicted molar refractivity (Wildman–Crippen MR) is 72.6 cm³/mol. The van der Waals surface area contributed by atoms with Crippen LogP contribution in [0, 0.1) is 6.92 Å². The number of carbonyl (C=O) groups is 1. The van der Waals surface area contributed by atoms with Gasteiger partial charge in [0, 0.05) is 28.1 Å². The summed E-state index contributed by atoms with van der Waals surface area (Å²) in [5.74, 6) is 0.724. The Hall–Kier alpha value is -1.62. The number of nitrogens with one attached hydrogen (secondary N) is 2. The minimum Gasteiger partial charge on any atom is -0.309 e. The van der Waals surface area contributed by atoms with Crippen LogP contribution in [-0.2, 0) is 4.79 Å². The summed E-state index contributed by atoms with van der Waals surface area (Å²) in [6.45, 7) is 1.98. The lowest BCUT2D eigenvalue weighted by Crippen LogP contribution is -2.23. The van der Waals surface area contributed by atoms with E-state index in [4.69, 9.17) is 0 Å². The van der Waals surface area contributed by atoms with Crippen LogP contribution in [0.15, 0.2) is 28.7 Å². The molecule has 1 aromatic heterocycles. The number of hydrogen-bond donors (Lipinski definition) is 2. The van der Waals surface area contributed by atoms with Crippen LogP contribution >= 0.6 is 15.9 Å². The number of aryl methyl sites for hydroxylation is 1. The second kappa shape index (κ2) is 4.24. The van der Waals surface area contributed by atoms with Gasteiger partial charge in [-0.25, -0.2) is 0 Å². The van der Waals surface area contributed by atoms with Gasteiger partial charge in [-0.2, -0.15) is 5.10 Å². The highest BCUT2D eigenvalue weighted by Gasteiger charge is 2.31. The minimum atomic E-state index is 0.00903. The summed E-state index contributed by atoms with van der Waals surface area (Å²) in [6.07, 6.45) is 0.454. The summed E-state index contributed by atoms with van der Waals surface area (Å²) >= 11 is 3.55. The van der Waals surface area contributed by atoms with Gasteiger partial charge in [-0.3, -0.25) is 9.89 Å². The highest BCUT2D eigenvalue weighted by atomic mass is 79.9. The van der Waals surface area contributed by atoms with Crippen LogP contribution in [0.1, 0.15) is 29.2 Å². The van der Waals surface area contributed by atoms with E-state index in [0.29, 0.717) is 12.2 Å². The number of benzene rings is 1. The Labute approximate surface area is 113 Å². The van der Waals surface area contributed by atoms with Gasteiger partial charge in [0.25, 0.3) is 0 Å². The molecule has 4 nitrogen and oxygen atoms in total. The number of halogens is 1. The van der Waals surface area contributed by atoms with Crippen LogP contribution in [0.5, 0.6) is 0 Å². The molecule has 1 atom stereocenters. The Morgan fingerprint density at radius 1 is 1.39 bits per heavy atom. The molecule has 92 valence electrons. The maximum absolute atomic E-state index is 11.7. The van der Waals surface area contributed by atoms with Crippen molar-refractivity contribution in [1.82, 2.24) is 10.2 Å². The summed E-state index contributed by atoms with van der Waals surface area (Å²) in [6, 6.07) is 8.00. The maximum atomic E-state index is 11.7. The van der Waals surface area contributed by atoms with Crippen LogP contribution in [0.2, 0.25) is 0 Å². The van der Waals surface area contributed by atoms with Crippen molar-refractivity contribution in [2.45, 2.75) is 19.3 Å². The molecule has 18 heavy (non-hydrogen) atoms. The number of fused-ring (bicyclic) bond motifs is 1. The number of hydrogen-bond acceptors (Lipinski definition) is 2. The van der Waals surface area contributed by atoms with E-state index in [1.807, 2.05) is 31.2 Å². The Balaban J connectivity index is 2.16. The van der Waals surface area contributed by atoms with Crippen molar-refractivity contribution in [2.24, 2.45) is 0 Å². The number of carbonyl (C=O) groups excluding carboxylic acids is 1. The second-order valence-corrected chi connectivity index (χ2v) is 5.29. The largest absolute Gasteiger partial charge is 0.309 e. The van der Waals surface area contributed by atoms with E-state index in [0.717, 1.165) is 21.3 Å². The van der Waals surface area contributed by atoms with E-state index in [-0.39, 0.29) is 11.8 Å². The Morgan fingerprint density at radius 2 is 2.17 bits per heavy atom. The summed E-state index contributed by atoms with van der Waals surface area (Å²) < 4.78 is 1.02. The van der Waals surface area contributed by atoms with Crippen molar-refractivity contribution < 1.29 is 4.79 Å². The second-order valence-electron chi connectivity index (χ2n) is 4.44. The predicted octanol–water partition coefficient (Wildman–Crippen LogP) is 2.95. The fourth-order valence-corrected chi connectivity index (χ4v) is 3.01. The quantitative estimate of drug-likeness (QED) is 0.851. The van der Waals surface area contributed by atoms with Crippen molar-refractivity contribution in [3.05, 3.63) is 45.6 Å². The average Bonchev–Trinajstić information content (AvgIpc) is 2.71. The molecule has 2 N–H and O–H groups in total. The van der Waals surface area contributed by atoms with E-state index in [2.05, 4.69) is 31.4 Å². The van der Waals surface area contributed by atoms with Gasteiger partial charge in [0.1, 0.15) is 0 Å². The third kappa shape index (κ3) is 1.75. The molecular weight excluding hydrogens is 294 g/mol. The van der Waals surface area contributed by atoms with E-state index >= 15 is 0 Å². The molecular formula is C13H12BrN3O. The first kappa shape index (κ1) is 11.5. The number of aromatic nitrogens is 2. The zero-order valence-electron chi connectivity index (χ0n) is 9.83. The lowest BCUT2D eigenvalue weighted by atomic mass is 9.86. The van der Waals surface area contributed by atoms with Crippen molar-refractivity contribution in [3.63, 3.8) is 0 Å². The molecule has 5 heteroatoms. The van der Waals surface area contributed by atoms with Crippen molar-refractivity contribution >= 4 is 27.7 Å². The molecule has 2 aromatic rings. The summed E-state index contributed by atoms with van der Waals surface area (Å²) in [5, 5.41) is 9.88. The fraction of sp³-hybridized carbons (Fsp3) is 0.231. The standard InChI is InChI=1S/C13H12BrN3O/c1-7-12-9(8-4-2-3-5-10(8)14)6-11(18)15-13(12)17-16-7/h2-5,9H,6H2,1H3,(H2,15,16,17,18)/t9-/m0/s1. The van der Waals surface area contributed by atoms with Crippen LogP contribution in [-0.4, -0.2) is 16.1 Å². The highest BCUT2D eigenvalue weighted by Crippen LogP contribution is 2.40. The summed E-state index contributed by atoms with van der Waals surface area (Å²) in [4.78, 5) is 11.7. The number of H-pyrrole nitrogens is 1. The number of amides is 1. The van der Waals surface area contributed by atoms with Crippen LogP contribution in [0.25, 0.3) is 0 Å². The van der Waals surface area contributed by atoms with Gasteiger partial charge in [0.15, 0.2) is 5.82 Å². The first-order valence-corrected chi connectivity index (χ1v) is 6.55. The minimum absolute atomic E-state index is 0.00903. The van der Waals surface area contributed by atoms with Crippen molar-refractivity contribution in [3.8, 4) is 0 Å². The normalized spacial score (nSPS) is 18.3. The van der Waals surface area contributed by atoms with Crippen LogP contribution < -0.4 is 5.32 Å². The molecule has 0 saturated carbocycles. The van der Waals surface area contributed by atoms with Gasteiger partial charge in [0.2, 0.25) is 5.91 Å². The summed E-state index contributed by atoms with van der Waals surface area (Å²) in [7, 11) is 0. The van der Waals surface area contributed by atoms with Crippen LogP contribution in [0.3, 0.4) is 0 Å². The summed E-state index contributed by atoms with van der Waals surface area (Å²) in [5.41, 5.74) is 3.21. The van der Waals surface area contributed by atoms with Crippen molar-refractivity contribution in [2.75, 3.05) is 5.32 Å². The third-order valence-corrected chi connectivity index (χ3v) is 3.99. The van der Waals surface area contributed by atoms with Gasteiger partial charge in [-0.05, 0) is 18.6 Å². The molecule has 1 aliphatic rings. The molecule has 3 rings (SSSR count). The van der Waals surface area contributed by atoms with Gasteiger partial charge < -0.3 is 5.32 Å². The number of rotatable bonds is 1. The molecule has 1 aromatic carbocycles. The third-order valence-electron chi connectivity index (χ3n) is 3.27. The molecule has 0 saturated heterocycles. The fourth-order valence-electron chi connectivity index (χ4n) is 2.45. The molecule has 0 bridgehead atoms. The molecule has 0 radical (unpaired) electrons. The maximum Gasteiger partial charge on any atom is 0.226 e. The molecule has 2 heterocycles. The first-order chi connectivity index (χ1) is 8.66. The van der Waals surface area contributed by atoms with E-state index in [1.165, 1.54) is 0 Å². The Bertz CT molecular complexity index is 620. The number of anilines is 1. The van der Waals surface area contributed by atoms with Crippen molar-refractivity contribution in [1.29, 1.82) is 0 Å². The zero-order chi connectivity index (χ0) is 12.7.